The van der Waals surface area contributed by atoms with Gasteiger partial charge in [0.25, 0.3) is 7.82 Å². The number of rotatable bonds is 25. The Hall–Kier alpha value is -2.16. The van der Waals surface area contributed by atoms with Crippen molar-refractivity contribution in [3.05, 3.63) is 108 Å². The first-order chi connectivity index (χ1) is 25.1. The second-order valence-electron chi connectivity index (χ2n) is 12.7. The van der Waals surface area contributed by atoms with Crippen molar-refractivity contribution >= 4 is 15.6 Å². The maximum atomic E-state index is 12.5. The summed E-state index contributed by atoms with van der Waals surface area (Å²) in [5, 5.41) is 0. The van der Waals surface area contributed by atoms with Gasteiger partial charge in [0.2, 0.25) is 0 Å². The third-order valence-electron chi connectivity index (χ3n) is 8.21. The molecule has 0 aliphatic heterocycles. The molecule has 3 aromatic carbocycles. The van der Waals surface area contributed by atoms with Crippen LogP contribution in [0.25, 0.3) is 0 Å². The summed E-state index contributed by atoms with van der Waals surface area (Å²) >= 11 is 0. The maximum absolute atomic E-state index is 12.5. The minimum Gasteiger partial charge on any atom is -0.756 e. The van der Waals surface area contributed by atoms with Gasteiger partial charge in [0.05, 0.1) is 59.2 Å². The topological polar surface area (TPSA) is 103 Å². The van der Waals surface area contributed by atoms with E-state index in [0.29, 0.717) is 0 Å². The van der Waals surface area contributed by atoms with Gasteiger partial charge in [-0.1, -0.05) is 144 Å². The van der Waals surface area contributed by atoms with Gasteiger partial charge in [0, 0.05) is 0 Å². The molecule has 0 bridgehead atoms. The molecule has 0 saturated carbocycles. The van der Waals surface area contributed by atoms with Crippen LogP contribution >= 0.6 is 15.6 Å². The number of hydrogen-bond acceptors (Lipinski definition) is 8. The summed E-state index contributed by atoms with van der Waals surface area (Å²) in [6.07, 6.45) is 11.1. The highest BCUT2D eigenvalue weighted by molar-refractivity contribution is 7.48. The molecule has 0 saturated heterocycles. The first-order valence-electron chi connectivity index (χ1n) is 19.2. The average molecular weight is 764 g/mol. The van der Waals surface area contributed by atoms with Crippen LogP contribution in [0.5, 0.6) is 0 Å². The largest absolute Gasteiger partial charge is 0.756 e. The van der Waals surface area contributed by atoms with Gasteiger partial charge in [0.1, 0.15) is 0 Å². The van der Waals surface area contributed by atoms with Crippen molar-refractivity contribution in [2.75, 3.05) is 39.4 Å². The molecule has 0 aromatic heterocycles. The Bertz CT molecular complexity index is 1260. The van der Waals surface area contributed by atoms with Crippen LogP contribution in [0.15, 0.2) is 91.0 Å². The van der Waals surface area contributed by atoms with E-state index in [1.807, 2.05) is 78.9 Å². The van der Waals surface area contributed by atoms with Crippen LogP contribution in [-0.2, 0) is 51.6 Å². The first kappa shape index (κ1) is 47.9. The number of phosphoric ester groups is 2. The number of hydrogen-bond donors (Lipinski definition) is 0. The molecule has 0 heterocycles. The van der Waals surface area contributed by atoms with Crippen molar-refractivity contribution in [1.82, 2.24) is 0 Å². The summed E-state index contributed by atoms with van der Waals surface area (Å²) in [6.45, 7) is 19.1. The zero-order valence-corrected chi connectivity index (χ0v) is 34.6. The summed E-state index contributed by atoms with van der Waals surface area (Å²) in [7, 11) is -7.66. The molecule has 3 aromatic rings. The van der Waals surface area contributed by atoms with E-state index in [9.17, 15) is 14.0 Å². The van der Waals surface area contributed by atoms with Gasteiger partial charge in [-0.2, -0.15) is 0 Å². The van der Waals surface area contributed by atoms with Crippen LogP contribution in [0.4, 0.5) is 0 Å². The first-order valence-corrected chi connectivity index (χ1v) is 22.1. The van der Waals surface area contributed by atoms with Crippen LogP contribution in [0.3, 0.4) is 0 Å². The van der Waals surface area contributed by atoms with Crippen LogP contribution in [0, 0.1) is 0 Å². The molecule has 0 spiro atoms. The Morgan fingerprint density at radius 2 is 0.769 bits per heavy atom. The molecular weight excluding hydrogens is 696 g/mol. The van der Waals surface area contributed by atoms with Crippen molar-refractivity contribution < 1.29 is 41.1 Å². The average Bonchev–Trinajstić information content (AvgIpc) is 3.17. The molecule has 3 rings (SSSR count). The van der Waals surface area contributed by atoms with Gasteiger partial charge in [-0.15, -0.1) is 0 Å². The summed E-state index contributed by atoms with van der Waals surface area (Å²) in [5.74, 6) is 0. The van der Waals surface area contributed by atoms with Crippen LogP contribution < -0.4 is 4.89 Å². The Kier molecular flexibility index (Phi) is 26.9. The van der Waals surface area contributed by atoms with Crippen molar-refractivity contribution in [2.45, 2.75) is 113 Å². The predicted octanol–water partition coefficient (Wildman–Crippen LogP) is 11.3. The number of phosphoric acid groups is 2. The van der Waals surface area contributed by atoms with Crippen molar-refractivity contribution in [3.63, 3.8) is 0 Å². The molecule has 0 amide bonds. The molecule has 294 valence electrons. The maximum Gasteiger partial charge on any atom is 0.475 e. The van der Waals surface area contributed by atoms with E-state index >= 15 is 0 Å². The number of quaternary nitrogens is 1. The molecule has 52 heavy (non-hydrogen) atoms. The van der Waals surface area contributed by atoms with Gasteiger partial charge in [0.15, 0.2) is 0 Å². The highest BCUT2D eigenvalue weighted by atomic mass is 31.2. The smallest absolute Gasteiger partial charge is 0.475 e. The molecule has 0 fully saturated rings. The minimum absolute atomic E-state index is 0.0155. The predicted molar refractivity (Wildman–Crippen MR) is 212 cm³/mol. The molecule has 1 unspecified atom stereocenters. The summed E-state index contributed by atoms with van der Waals surface area (Å²) in [4.78, 5) is 11.0. The third-order valence-corrected chi connectivity index (χ3v) is 10.7. The van der Waals surface area contributed by atoms with E-state index in [4.69, 9.17) is 13.6 Å². The quantitative estimate of drug-likeness (QED) is 0.0621. The number of nitrogens with zero attached hydrogens (tertiary/aromatic N) is 1. The van der Waals surface area contributed by atoms with E-state index in [1.54, 1.807) is 26.0 Å². The lowest BCUT2D eigenvalue weighted by Crippen LogP contribution is -2.50. The molecule has 0 aliphatic rings. The van der Waals surface area contributed by atoms with Gasteiger partial charge in [-0.25, -0.2) is 4.57 Å². The van der Waals surface area contributed by atoms with Crippen LogP contribution in [0.1, 0.15) is 110 Å². The lowest BCUT2D eigenvalue weighted by Gasteiger charge is -2.39. The Morgan fingerprint density at radius 3 is 1.06 bits per heavy atom. The van der Waals surface area contributed by atoms with E-state index in [2.05, 4.69) is 36.7 Å². The molecule has 1 atom stereocenters. The van der Waals surface area contributed by atoms with E-state index in [0.717, 1.165) is 16.7 Å². The van der Waals surface area contributed by atoms with E-state index in [1.165, 1.54) is 82.0 Å². The van der Waals surface area contributed by atoms with Crippen molar-refractivity contribution in [3.8, 4) is 0 Å². The normalized spacial score (nSPS) is 12.6. The molecule has 0 radical (unpaired) electrons. The van der Waals surface area contributed by atoms with E-state index < -0.39 is 15.6 Å². The lowest BCUT2D eigenvalue weighted by molar-refractivity contribution is -0.929. The highest BCUT2D eigenvalue weighted by Gasteiger charge is 2.26. The molecule has 0 aliphatic carbocycles. The lowest BCUT2D eigenvalue weighted by atomic mass is 10.1. The fourth-order valence-electron chi connectivity index (χ4n) is 5.29. The van der Waals surface area contributed by atoms with Gasteiger partial charge in [-0.3, -0.25) is 18.1 Å². The Labute approximate surface area is 315 Å². The monoisotopic (exact) mass is 763 g/mol. The summed E-state index contributed by atoms with van der Waals surface area (Å²) in [6, 6.07) is 28.1. The SMILES string of the molecule is CCCC[N+](CCCC)(CCCC)CCCC.CCOP(=O)(OCc1ccccc1)OCc1ccccc1.CCOP(=O)([O-])OCc1ccccc1. The van der Waals surface area contributed by atoms with Crippen LogP contribution in [0.2, 0.25) is 0 Å². The molecule has 9 nitrogen and oxygen atoms in total. The number of benzene rings is 3. The van der Waals surface area contributed by atoms with Gasteiger partial charge >= 0.3 is 7.82 Å². The van der Waals surface area contributed by atoms with Crippen molar-refractivity contribution in [2.24, 2.45) is 0 Å². The standard InChI is InChI=1S/C16H36N.C16H19O4P.C9H13O4P/c1-5-9-13-17(14-10-6-2,15-11-7-3)16-12-8-4;1-2-18-21(17,19-13-15-9-5-3-6-10-15)20-14-16-11-7-4-8-12-16;1-2-12-14(10,11)13-8-9-6-4-3-5-7-9/h5-16H2,1-4H3;3-12H,2,13-14H2,1H3;3-7H,2,8H2,1H3,(H,10,11)/q+1;;/p-1. The Balaban J connectivity index is 0.000000399. The third kappa shape index (κ3) is 22.8. The van der Waals surface area contributed by atoms with Crippen molar-refractivity contribution in [1.29, 1.82) is 0 Å². The molecule has 0 N–H and O–H groups in total. The van der Waals surface area contributed by atoms with Gasteiger partial charge < -0.3 is 18.4 Å². The molecule has 11 heteroatoms. The zero-order valence-electron chi connectivity index (χ0n) is 32.8. The minimum atomic E-state index is -4.11. The van der Waals surface area contributed by atoms with E-state index in [-0.39, 0.29) is 33.0 Å². The zero-order chi connectivity index (χ0) is 38.4. The fourth-order valence-corrected chi connectivity index (χ4v) is 7.15. The number of unbranched alkanes of at least 4 members (excludes halogenated alkanes) is 4. The second-order valence-corrected chi connectivity index (χ2v) is 15.7. The highest BCUT2D eigenvalue weighted by Crippen LogP contribution is 2.50. The van der Waals surface area contributed by atoms with Gasteiger partial charge in [-0.05, 0) is 56.2 Å². The van der Waals surface area contributed by atoms with Crippen LogP contribution in [-0.4, -0.2) is 43.9 Å². The summed E-state index contributed by atoms with van der Waals surface area (Å²) in [5.41, 5.74) is 2.63. The fraction of sp³-hybridized carbons (Fsp3) is 0.561. The Morgan fingerprint density at radius 1 is 0.462 bits per heavy atom. The summed E-state index contributed by atoms with van der Waals surface area (Å²) < 4.78 is 49.9. The second kappa shape index (κ2) is 29.2. The molecular formula is C41H67NO8P2.